The molecule has 35 heavy (non-hydrogen) atoms. The first-order chi connectivity index (χ1) is 16.2. The molecule has 0 aliphatic heterocycles. The van der Waals surface area contributed by atoms with E-state index in [4.69, 9.17) is 0 Å². The zero-order valence-electron chi connectivity index (χ0n) is 24.4. The molecular formula is C35H48. The Kier molecular flexibility index (Phi) is 6.76. The Labute approximate surface area is 215 Å². The van der Waals surface area contributed by atoms with Gasteiger partial charge in [0.2, 0.25) is 0 Å². The second-order valence-corrected chi connectivity index (χ2v) is 13.3. The van der Waals surface area contributed by atoms with Crippen molar-refractivity contribution < 1.29 is 0 Å². The highest BCUT2D eigenvalue weighted by Gasteiger charge is 2.46. The first-order valence-corrected chi connectivity index (χ1v) is 14.0. The zero-order valence-corrected chi connectivity index (χ0v) is 24.4. The van der Waals surface area contributed by atoms with Gasteiger partial charge >= 0.3 is 0 Å². The van der Waals surface area contributed by atoms with Gasteiger partial charge in [-0.1, -0.05) is 117 Å². The van der Waals surface area contributed by atoms with Crippen LogP contribution in [0.5, 0.6) is 0 Å². The summed E-state index contributed by atoms with van der Waals surface area (Å²) in [6.07, 6.45) is 5.03. The molecule has 2 aliphatic carbocycles. The van der Waals surface area contributed by atoms with Crippen LogP contribution < -0.4 is 0 Å². The van der Waals surface area contributed by atoms with Gasteiger partial charge in [-0.15, -0.1) is 0 Å². The fraction of sp³-hybridized carbons (Fsp3) is 0.543. The lowest BCUT2D eigenvalue weighted by molar-refractivity contribution is 0.274. The number of rotatable bonds is 6. The third-order valence-corrected chi connectivity index (χ3v) is 8.87. The first-order valence-electron chi connectivity index (χ1n) is 14.0. The largest absolute Gasteiger partial charge is 0.0646 e. The number of benzene rings is 2. The molecule has 2 atom stereocenters. The van der Waals surface area contributed by atoms with Crippen LogP contribution in [-0.4, -0.2) is 0 Å². The summed E-state index contributed by atoms with van der Waals surface area (Å²) < 4.78 is 0. The molecule has 0 radical (unpaired) electrons. The maximum atomic E-state index is 2.55. The van der Waals surface area contributed by atoms with Crippen LogP contribution in [0, 0.1) is 5.41 Å². The van der Waals surface area contributed by atoms with Gasteiger partial charge in [0.15, 0.2) is 0 Å². The van der Waals surface area contributed by atoms with E-state index in [2.05, 4.69) is 120 Å². The number of hydrogen-bond donors (Lipinski definition) is 0. The van der Waals surface area contributed by atoms with Gasteiger partial charge in [0.1, 0.15) is 0 Å². The second-order valence-electron chi connectivity index (χ2n) is 13.3. The van der Waals surface area contributed by atoms with Gasteiger partial charge in [-0.2, -0.15) is 0 Å². The Balaban J connectivity index is 1.91. The van der Waals surface area contributed by atoms with Crippen LogP contribution in [0.25, 0.3) is 12.2 Å². The second kappa shape index (κ2) is 9.10. The van der Waals surface area contributed by atoms with Gasteiger partial charge in [-0.3, -0.25) is 0 Å². The molecule has 4 rings (SSSR count). The lowest BCUT2D eigenvalue weighted by Gasteiger charge is -2.41. The fourth-order valence-corrected chi connectivity index (χ4v) is 7.13. The van der Waals surface area contributed by atoms with E-state index in [0.29, 0.717) is 35.5 Å². The average Bonchev–Trinajstić information content (AvgIpc) is 3.27. The van der Waals surface area contributed by atoms with Crippen LogP contribution in [0.1, 0.15) is 163 Å². The summed E-state index contributed by atoms with van der Waals surface area (Å²) in [5, 5.41) is 0. The van der Waals surface area contributed by atoms with Crippen molar-refractivity contribution in [3.05, 3.63) is 79.9 Å². The minimum Gasteiger partial charge on any atom is -0.0646 e. The minimum absolute atomic E-state index is 0.0748. The molecular weight excluding hydrogens is 420 g/mol. The van der Waals surface area contributed by atoms with E-state index in [1.807, 2.05) is 0 Å². The predicted molar refractivity (Wildman–Crippen MR) is 156 cm³/mol. The highest BCUT2D eigenvalue weighted by atomic mass is 14.5. The molecule has 0 spiro atoms. The summed E-state index contributed by atoms with van der Waals surface area (Å²) in [5.74, 6) is 3.00. The summed E-state index contributed by atoms with van der Waals surface area (Å²) >= 11 is 0. The van der Waals surface area contributed by atoms with Crippen LogP contribution in [0.4, 0.5) is 0 Å². The summed E-state index contributed by atoms with van der Waals surface area (Å²) in [5.41, 5.74) is 15.3. The molecule has 0 N–H and O–H groups in total. The number of hydrogen-bond acceptors (Lipinski definition) is 0. The fourth-order valence-electron chi connectivity index (χ4n) is 7.13. The molecule has 0 saturated carbocycles. The Morgan fingerprint density at radius 2 is 0.886 bits per heavy atom. The van der Waals surface area contributed by atoms with Crippen LogP contribution in [0.3, 0.4) is 0 Å². The van der Waals surface area contributed by atoms with Crippen LogP contribution in [0.15, 0.2) is 35.4 Å². The molecule has 0 amide bonds. The van der Waals surface area contributed by atoms with Crippen molar-refractivity contribution in [2.45, 2.75) is 119 Å². The van der Waals surface area contributed by atoms with Crippen molar-refractivity contribution in [1.82, 2.24) is 0 Å². The normalized spacial score (nSPS) is 19.7. The standard InChI is InChI=1S/C35H48/c1-19(2)25-15-27(21(5)6)29-13-23(9)33(31(29)17-25)35(11,12)34-24(10)14-30-28(22(7)8)16-26(20(3)4)18-32(30)34/h13-22,33-34H,1-12H3. The lowest BCUT2D eigenvalue weighted by Crippen LogP contribution is -2.30. The molecule has 0 heterocycles. The molecule has 2 aromatic carbocycles. The van der Waals surface area contributed by atoms with Crippen LogP contribution >= 0.6 is 0 Å². The smallest absolute Gasteiger partial charge is 0.0115 e. The topological polar surface area (TPSA) is 0 Å². The summed E-state index contributed by atoms with van der Waals surface area (Å²) in [6, 6.07) is 10.1. The average molecular weight is 469 g/mol. The number of allylic oxidation sites excluding steroid dienone is 2. The maximum Gasteiger partial charge on any atom is 0.0115 e. The van der Waals surface area contributed by atoms with E-state index in [1.54, 1.807) is 11.1 Å². The molecule has 0 saturated heterocycles. The summed E-state index contributed by atoms with van der Waals surface area (Å²) in [7, 11) is 0. The van der Waals surface area contributed by atoms with Crippen LogP contribution in [0.2, 0.25) is 0 Å². The molecule has 2 aliphatic rings. The Bertz CT molecular complexity index is 1100. The highest BCUT2D eigenvalue weighted by molar-refractivity contribution is 5.74. The van der Waals surface area contributed by atoms with Crippen molar-refractivity contribution in [2.75, 3.05) is 0 Å². The highest BCUT2D eigenvalue weighted by Crippen LogP contribution is 2.59. The van der Waals surface area contributed by atoms with E-state index in [9.17, 15) is 0 Å². The van der Waals surface area contributed by atoms with Crippen molar-refractivity contribution >= 4 is 12.2 Å². The Morgan fingerprint density at radius 3 is 1.17 bits per heavy atom. The summed E-state index contributed by atoms with van der Waals surface area (Å²) in [6.45, 7) is 28.6. The van der Waals surface area contributed by atoms with Crippen molar-refractivity contribution in [2.24, 2.45) is 5.41 Å². The van der Waals surface area contributed by atoms with E-state index in [1.165, 1.54) is 44.5 Å². The molecule has 2 aromatic rings. The van der Waals surface area contributed by atoms with Gasteiger partial charge in [0.05, 0.1) is 0 Å². The van der Waals surface area contributed by atoms with Crippen molar-refractivity contribution in [1.29, 1.82) is 0 Å². The van der Waals surface area contributed by atoms with E-state index in [0.717, 1.165) is 0 Å². The quantitative estimate of drug-likeness (QED) is 0.395. The van der Waals surface area contributed by atoms with Gasteiger partial charge in [-0.25, -0.2) is 0 Å². The minimum atomic E-state index is 0.0748. The van der Waals surface area contributed by atoms with E-state index >= 15 is 0 Å². The van der Waals surface area contributed by atoms with E-state index in [-0.39, 0.29) is 5.41 Å². The van der Waals surface area contributed by atoms with Crippen molar-refractivity contribution in [3.63, 3.8) is 0 Å². The van der Waals surface area contributed by atoms with E-state index < -0.39 is 0 Å². The maximum absolute atomic E-state index is 2.55. The Hall–Kier alpha value is -2.08. The van der Waals surface area contributed by atoms with Crippen LogP contribution in [-0.2, 0) is 0 Å². The molecule has 188 valence electrons. The van der Waals surface area contributed by atoms with Gasteiger partial charge in [-0.05, 0) is 87.4 Å². The Morgan fingerprint density at radius 1 is 0.543 bits per heavy atom. The first kappa shape index (κ1) is 26.0. The third kappa shape index (κ3) is 4.26. The molecule has 0 fully saturated rings. The number of fused-ring (bicyclic) bond motifs is 2. The molecule has 0 nitrogen and oxygen atoms in total. The van der Waals surface area contributed by atoms with Crippen molar-refractivity contribution in [3.8, 4) is 0 Å². The molecule has 0 heteroatoms. The molecule has 2 unspecified atom stereocenters. The lowest BCUT2D eigenvalue weighted by atomic mass is 9.62. The van der Waals surface area contributed by atoms with Gasteiger partial charge in [0, 0.05) is 11.8 Å². The van der Waals surface area contributed by atoms with Gasteiger partial charge < -0.3 is 0 Å². The SMILES string of the molecule is CC1=Cc2c(C(C)C)cc(C(C)C)cc2C1C(C)(C)C1C(C)=Cc2c(C(C)C)cc(C(C)C)cc21. The predicted octanol–water partition coefficient (Wildman–Crippen LogP) is 10.9. The summed E-state index contributed by atoms with van der Waals surface area (Å²) in [4.78, 5) is 0. The zero-order chi connectivity index (χ0) is 26.0. The monoisotopic (exact) mass is 468 g/mol. The van der Waals surface area contributed by atoms with Gasteiger partial charge in [0.25, 0.3) is 0 Å². The molecule has 0 bridgehead atoms. The molecule has 0 aromatic heterocycles. The third-order valence-electron chi connectivity index (χ3n) is 8.87.